The Balaban J connectivity index is 1.79. The molecule has 0 saturated carbocycles. The molecule has 1 heterocycles. The number of nitrogens with zero attached hydrogens (tertiary/aromatic N) is 1. The second-order valence-electron chi connectivity index (χ2n) is 4.69. The van der Waals surface area contributed by atoms with Crippen molar-refractivity contribution in [1.29, 1.82) is 0 Å². The molecule has 0 aromatic carbocycles. The second kappa shape index (κ2) is 7.28. The summed E-state index contributed by atoms with van der Waals surface area (Å²) in [6.07, 6.45) is 8.06. The van der Waals surface area contributed by atoms with Gasteiger partial charge in [-0.2, -0.15) is 0 Å². The first-order valence-corrected chi connectivity index (χ1v) is 7.33. The number of hydrogen-bond donors (Lipinski definition) is 2. The average Bonchev–Trinajstić information content (AvgIpc) is 2.96. The molecule has 1 aliphatic rings. The zero-order chi connectivity index (χ0) is 14.4. The normalized spacial score (nSPS) is 14.3. The molecular formula is C14H18BrN3O2. The molecule has 1 aromatic rings. The maximum atomic E-state index is 11.7. The quantitative estimate of drug-likeness (QED) is 0.810. The van der Waals surface area contributed by atoms with E-state index in [0.29, 0.717) is 24.9 Å². The third-order valence-electron chi connectivity index (χ3n) is 3.18. The molecule has 0 unspecified atom stereocenters. The van der Waals surface area contributed by atoms with E-state index >= 15 is 0 Å². The summed E-state index contributed by atoms with van der Waals surface area (Å²) in [6.45, 7) is 1.08. The fraction of sp³-hybridized carbons (Fsp3) is 0.429. The van der Waals surface area contributed by atoms with Crippen LogP contribution in [-0.2, 0) is 6.54 Å². The number of carbonyl (C=O) groups excluding carboxylic acids is 1. The van der Waals surface area contributed by atoms with Gasteiger partial charge in [-0.1, -0.05) is 12.2 Å². The Morgan fingerprint density at radius 3 is 2.90 bits per heavy atom. The predicted octanol–water partition coefficient (Wildman–Crippen LogP) is 2.62. The molecule has 0 radical (unpaired) electrons. The van der Waals surface area contributed by atoms with E-state index < -0.39 is 0 Å². The third kappa shape index (κ3) is 4.23. The number of halogens is 1. The van der Waals surface area contributed by atoms with Crippen LogP contribution in [0.25, 0.3) is 0 Å². The highest BCUT2D eigenvalue weighted by Crippen LogP contribution is 2.19. The van der Waals surface area contributed by atoms with Crippen LogP contribution >= 0.6 is 15.9 Å². The fourth-order valence-electron chi connectivity index (χ4n) is 2.09. The molecule has 0 aliphatic heterocycles. The van der Waals surface area contributed by atoms with E-state index in [4.69, 9.17) is 4.74 Å². The molecule has 6 heteroatoms. The second-order valence-corrected chi connectivity index (χ2v) is 5.61. The molecule has 0 bridgehead atoms. The summed E-state index contributed by atoms with van der Waals surface area (Å²) in [5, 5.41) is 5.70. The lowest BCUT2D eigenvalue weighted by atomic mass is 10.1. The summed E-state index contributed by atoms with van der Waals surface area (Å²) in [6, 6.07) is 1.71. The number of rotatable bonds is 5. The van der Waals surface area contributed by atoms with Gasteiger partial charge in [0.05, 0.1) is 7.11 Å². The Labute approximate surface area is 126 Å². The smallest absolute Gasteiger partial charge is 0.315 e. The van der Waals surface area contributed by atoms with Gasteiger partial charge >= 0.3 is 6.03 Å². The highest BCUT2D eigenvalue weighted by Gasteiger charge is 2.12. The molecule has 5 nitrogen and oxygen atoms in total. The summed E-state index contributed by atoms with van der Waals surface area (Å²) < 4.78 is 6.02. The molecule has 1 aromatic heterocycles. The number of hydrogen-bond acceptors (Lipinski definition) is 3. The van der Waals surface area contributed by atoms with Gasteiger partial charge in [-0.05, 0) is 40.8 Å². The largest absolute Gasteiger partial charge is 0.481 e. The van der Waals surface area contributed by atoms with Crippen molar-refractivity contribution in [1.82, 2.24) is 15.6 Å². The van der Waals surface area contributed by atoms with E-state index in [-0.39, 0.29) is 6.03 Å². The van der Waals surface area contributed by atoms with E-state index in [1.165, 1.54) is 0 Å². The summed E-state index contributed by atoms with van der Waals surface area (Å²) in [7, 11) is 1.56. The lowest BCUT2D eigenvalue weighted by molar-refractivity contribution is 0.238. The standard InChI is InChI=1S/C14H18BrN3O2/c1-20-13-11(6-12(15)9-16-13)8-18-14(19)17-7-10-4-2-3-5-10/h2-3,6,9-10H,4-5,7-8H2,1H3,(H2,17,18,19). The summed E-state index contributed by atoms with van der Waals surface area (Å²) in [5.41, 5.74) is 0.833. The number of aromatic nitrogens is 1. The van der Waals surface area contributed by atoms with E-state index in [2.05, 4.69) is 43.7 Å². The number of urea groups is 1. The molecule has 108 valence electrons. The molecule has 20 heavy (non-hydrogen) atoms. The predicted molar refractivity (Wildman–Crippen MR) is 80.6 cm³/mol. The highest BCUT2D eigenvalue weighted by atomic mass is 79.9. The maximum absolute atomic E-state index is 11.7. The Kier molecular flexibility index (Phi) is 5.40. The van der Waals surface area contributed by atoms with Crippen molar-refractivity contribution in [3.05, 3.63) is 34.5 Å². The molecule has 0 fully saturated rings. The summed E-state index contributed by atoms with van der Waals surface area (Å²) in [4.78, 5) is 15.9. The van der Waals surface area contributed by atoms with Gasteiger partial charge in [0, 0.05) is 29.3 Å². The van der Waals surface area contributed by atoms with Crippen molar-refractivity contribution in [3.8, 4) is 5.88 Å². The molecule has 2 rings (SSSR count). The van der Waals surface area contributed by atoms with Gasteiger partial charge in [-0.25, -0.2) is 9.78 Å². The zero-order valence-electron chi connectivity index (χ0n) is 11.4. The van der Waals surface area contributed by atoms with E-state index in [9.17, 15) is 4.79 Å². The van der Waals surface area contributed by atoms with Crippen LogP contribution in [0.5, 0.6) is 5.88 Å². The van der Waals surface area contributed by atoms with Crippen LogP contribution in [0.15, 0.2) is 28.9 Å². The van der Waals surface area contributed by atoms with Gasteiger partial charge < -0.3 is 15.4 Å². The van der Waals surface area contributed by atoms with Crippen LogP contribution in [0.3, 0.4) is 0 Å². The highest BCUT2D eigenvalue weighted by molar-refractivity contribution is 9.10. The van der Waals surface area contributed by atoms with Crippen LogP contribution < -0.4 is 15.4 Å². The van der Waals surface area contributed by atoms with Gasteiger partial charge in [0.25, 0.3) is 0 Å². The first-order valence-electron chi connectivity index (χ1n) is 6.54. The Hall–Kier alpha value is -1.56. The molecule has 0 spiro atoms. The number of allylic oxidation sites excluding steroid dienone is 2. The van der Waals surface area contributed by atoms with Crippen LogP contribution in [0.4, 0.5) is 4.79 Å². The van der Waals surface area contributed by atoms with Gasteiger partial charge in [0.2, 0.25) is 5.88 Å². The van der Waals surface area contributed by atoms with Crippen LogP contribution in [-0.4, -0.2) is 24.7 Å². The minimum absolute atomic E-state index is 0.168. The van der Waals surface area contributed by atoms with Crippen LogP contribution in [0.2, 0.25) is 0 Å². The van der Waals surface area contributed by atoms with Crippen molar-refractivity contribution in [2.75, 3.05) is 13.7 Å². The Morgan fingerprint density at radius 2 is 2.20 bits per heavy atom. The minimum Gasteiger partial charge on any atom is -0.481 e. The summed E-state index contributed by atoms with van der Waals surface area (Å²) >= 11 is 3.35. The topological polar surface area (TPSA) is 63.2 Å². The SMILES string of the molecule is COc1ncc(Br)cc1CNC(=O)NCC1CC=CC1. The van der Waals surface area contributed by atoms with Gasteiger partial charge in [0.15, 0.2) is 0 Å². The van der Waals surface area contributed by atoms with Crippen molar-refractivity contribution in [2.45, 2.75) is 19.4 Å². The number of methoxy groups -OCH3 is 1. The van der Waals surface area contributed by atoms with Gasteiger partial charge in [-0.15, -0.1) is 0 Å². The van der Waals surface area contributed by atoms with Gasteiger partial charge in [0.1, 0.15) is 0 Å². The van der Waals surface area contributed by atoms with E-state index in [0.717, 1.165) is 22.9 Å². The first kappa shape index (κ1) is 14.8. The van der Waals surface area contributed by atoms with Crippen LogP contribution in [0.1, 0.15) is 18.4 Å². The van der Waals surface area contributed by atoms with Crippen molar-refractivity contribution in [3.63, 3.8) is 0 Å². The average molecular weight is 340 g/mol. The maximum Gasteiger partial charge on any atom is 0.315 e. The monoisotopic (exact) mass is 339 g/mol. The van der Waals surface area contributed by atoms with Crippen LogP contribution in [0, 0.1) is 5.92 Å². The van der Waals surface area contributed by atoms with Crippen molar-refractivity contribution < 1.29 is 9.53 Å². The zero-order valence-corrected chi connectivity index (χ0v) is 12.9. The lowest BCUT2D eigenvalue weighted by Gasteiger charge is -2.12. The molecule has 0 saturated heterocycles. The van der Waals surface area contributed by atoms with Gasteiger partial charge in [-0.3, -0.25) is 0 Å². The third-order valence-corrected chi connectivity index (χ3v) is 3.62. The molecule has 2 N–H and O–H groups in total. The number of carbonyl (C=O) groups is 1. The Morgan fingerprint density at radius 1 is 1.45 bits per heavy atom. The van der Waals surface area contributed by atoms with Crippen molar-refractivity contribution >= 4 is 22.0 Å². The fourth-order valence-corrected chi connectivity index (χ4v) is 2.47. The first-order chi connectivity index (χ1) is 9.69. The number of nitrogens with one attached hydrogen (secondary N) is 2. The van der Waals surface area contributed by atoms with E-state index in [1.807, 2.05) is 6.07 Å². The number of amides is 2. The summed E-state index contributed by atoms with van der Waals surface area (Å²) in [5.74, 6) is 1.05. The number of ether oxygens (including phenoxy) is 1. The minimum atomic E-state index is -0.168. The van der Waals surface area contributed by atoms with E-state index in [1.54, 1.807) is 13.3 Å². The van der Waals surface area contributed by atoms with Crippen molar-refractivity contribution in [2.24, 2.45) is 5.92 Å². The Bertz CT molecular complexity index is 497. The molecule has 0 atom stereocenters. The molecule has 1 aliphatic carbocycles. The number of pyridine rings is 1. The molecule has 2 amide bonds. The lowest BCUT2D eigenvalue weighted by Crippen LogP contribution is -2.37. The molecular weight excluding hydrogens is 322 g/mol.